The number of benzene rings is 1. The summed E-state index contributed by atoms with van der Waals surface area (Å²) in [5.74, 6) is 0.0991. The molecule has 0 spiro atoms. The Kier molecular flexibility index (Phi) is 5.75. The molecular formula is C20H20ClN3O2S2. The van der Waals surface area contributed by atoms with Crippen LogP contribution >= 0.6 is 34.7 Å². The lowest BCUT2D eigenvalue weighted by Crippen LogP contribution is -2.26. The number of aromatic nitrogens is 2. The summed E-state index contributed by atoms with van der Waals surface area (Å²) in [7, 11) is 1.73. The van der Waals surface area contributed by atoms with E-state index in [-0.39, 0.29) is 17.2 Å². The van der Waals surface area contributed by atoms with Crippen LogP contribution in [0.1, 0.15) is 28.8 Å². The summed E-state index contributed by atoms with van der Waals surface area (Å²) in [6.45, 7) is 0.420. The predicted octanol–water partition coefficient (Wildman–Crippen LogP) is 3.94. The molecule has 0 saturated carbocycles. The minimum atomic E-state index is -0.107. The maximum Gasteiger partial charge on any atom is 0.262 e. The highest BCUT2D eigenvalue weighted by atomic mass is 35.5. The van der Waals surface area contributed by atoms with E-state index < -0.39 is 0 Å². The predicted molar refractivity (Wildman–Crippen MR) is 116 cm³/mol. The third-order valence-corrected chi connectivity index (χ3v) is 7.32. The molecular weight excluding hydrogens is 414 g/mol. The Morgan fingerprint density at radius 3 is 3.00 bits per heavy atom. The number of nitrogens with zero attached hydrogens (tertiary/aromatic N) is 2. The van der Waals surface area contributed by atoms with Gasteiger partial charge in [0, 0.05) is 23.5 Å². The van der Waals surface area contributed by atoms with Crippen LogP contribution in [0, 0.1) is 0 Å². The molecule has 146 valence electrons. The molecule has 0 aliphatic heterocycles. The normalized spacial score (nSPS) is 13.5. The van der Waals surface area contributed by atoms with Crippen molar-refractivity contribution in [2.75, 3.05) is 5.75 Å². The SMILES string of the molecule is Cn1c(SCC(=O)NCc2cccc(Cl)c2)nc2sc3c(c2c1=O)CCCC3. The lowest BCUT2D eigenvalue weighted by Gasteiger charge is -2.11. The van der Waals surface area contributed by atoms with Gasteiger partial charge in [-0.15, -0.1) is 11.3 Å². The first-order chi connectivity index (χ1) is 13.5. The average Bonchev–Trinajstić information content (AvgIpc) is 3.06. The molecule has 0 bridgehead atoms. The number of aryl methyl sites for hydroxylation is 2. The van der Waals surface area contributed by atoms with E-state index in [4.69, 9.17) is 11.6 Å². The standard InChI is InChI=1S/C20H20ClN3O2S2/c1-24-19(26)17-14-7-2-3-8-15(14)28-18(17)23-20(24)27-11-16(25)22-10-12-5-4-6-13(21)9-12/h4-6,9H,2-3,7-8,10-11H2,1H3,(H,22,25). The number of halogens is 1. The van der Waals surface area contributed by atoms with Gasteiger partial charge in [-0.05, 0) is 48.9 Å². The smallest absolute Gasteiger partial charge is 0.262 e. The summed E-state index contributed by atoms with van der Waals surface area (Å²) in [6, 6.07) is 7.39. The van der Waals surface area contributed by atoms with Crippen molar-refractivity contribution in [2.24, 2.45) is 7.05 Å². The third kappa shape index (κ3) is 3.97. The van der Waals surface area contributed by atoms with Crippen LogP contribution in [-0.2, 0) is 31.2 Å². The Bertz CT molecular complexity index is 1110. The maximum atomic E-state index is 12.9. The number of carbonyl (C=O) groups is 1. The van der Waals surface area contributed by atoms with Crippen LogP contribution < -0.4 is 10.9 Å². The molecule has 0 saturated heterocycles. The molecule has 0 radical (unpaired) electrons. The molecule has 2 heterocycles. The Balaban J connectivity index is 1.46. The number of carbonyl (C=O) groups excluding carboxylic acids is 1. The first-order valence-corrected chi connectivity index (χ1v) is 11.4. The van der Waals surface area contributed by atoms with Crippen molar-refractivity contribution in [2.45, 2.75) is 37.4 Å². The summed E-state index contributed by atoms with van der Waals surface area (Å²) in [5, 5.41) is 4.87. The second kappa shape index (κ2) is 8.27. The maximum absolute atomic E-state index is 12.9. The van der Waals surface area contributed by atoms with Gasteiger partial charge >= 0.3 is 0 Å². The summed E-state index contributed by atoms with van der Waals surface area (Å²) < 4.78 is 1.57. The number of fused-ring (bicyclic) bond motifs is 3. The number of hydrogen-bond donors (Lipinski definition) is 1. The van der Waals surface area contributed by atoms with Crippen LogP contribution in [0.2, 0.25) is 5.02 Å². The number of amides is 1. The molecule has 0 fully saturated rings. The van der Waals surface area contributed by atoms with Gasteiger partial charge in [-0.1, -0.05) is 35.5 Å². The van der Waals surface area contributed by atoms with E-state index in [9.17, 15) is 9.59 Å². The fraction of sp³-hybridized carbons (Fsp3) is 0.350. The van der Waals surface area contributed by atoms with Crippen molar-refractivity contribution in [1.82, 2.24) is 14.9 Å². The number of thiophene rings is 1. The Morgan fingerprint density at radius 2 is 2.18 bits per heavy atom. The summed E-state index contributed by atoms with van der Waals surface area (Å²) in [6.07, 6.45) is 4.30. The van der Waals surface area contributed by atoms with Crippen molar-refractivity contribution in [1.29, 1.82) is 0 Å². The van der Waals surface area contributed by atoms with Crippen LogP contribution in [-0.4, -0.2) is 21.2 Å². The van der Waals surface area contributed by atoms with Crippen molar-refractivity contribution in [3.05, 3.63) is 55.6 Å². The van der Waals surface area contributed by atoms with Gasteiger partial charge < -0.3 is 5.32 Å². The minimum Gasteiger partial charge on any atom is -0.351 e. The number of rotatable bonds is 5. The van der Waals surface area contributed by atoms with Crippen LogP contribution in [0.25, 0.3) is 10.2 Å². The van der Waals surface area contributed by atoms with Crippen LogP contribution in [0.4, 0.5) is 0 Å². The molecule has 1 aliphatic carbocycles. The summed E-state index contributed by atoms with van der Waals surface area (Å²) in [4.78, 5) is 31.9. The van der Waals surface area contributed by atoms with Crippen LogP contribution in [0.3, 0.4) is 0 Å². The monoisotopic (exact) mass is 433 g/mol. The Labute approximate surface area is 176 Å². The van der Waals surface area contributed by atoms with Gasteiger partial charge in [0.05, 0.1) is 11.1 Å². The number of nitrogens with one attached hydrogen (secondary N) is 1. The van der Waals surface area contributed by atoms with Crippen LogP contribution in [0.5, 0.6) is 0 Å². The van der Waals surface area contributed by atoms with Crippen molar-refractivity contribution in [3.63, 3.8) is 0 Å². The zero-order valence-electron chi connectivity index (χ0n) is 15.5. The molecule has 1 aliphatic rings. The molecule has 0 atom stereocenters. The van der Waals surface area contributed by atoms with Crippen molar-refractivity contribution >= 4 is 50.8 Å². The topological polar surface area (TPSA) is 64.0 Å². The van der Waals surface area contributed by atoms with Crippen LogP contribution in [0.15, 0.2) is 34.2 Å². The minimum absolute atomic E-state index is 0.00812. The van der Waals surface area contributed by atoms with E-state index in [1.54, 1.807) is 29.0 Å². The lowest BCUT2D eigenvalue weighted by molar-refractivity contribution is -0.118. The highest BCUT2D eigenvalue weighted by Crippen LogP contribution is 2.34. The molecule has 1 amide bonds. The molecule has 4 rings (SSSR count). The van der Waals surface area contributed by atoms with E-state index in [2.05, 4.69) is 10.3 Å². The molecule has 3 aromatic rings. The van der Waals surface area contributed by atoms with E-state index >= 15 is 0 Å². The highest BCUT2D eigenvalue weighted by Gasteiger charge is 2.21. The summed E-state index contributed by atoms with van der Waals surface area (Å²) in [5.41, 5.74) is 2.13. The largest absolute Gasteiger partial charge is 0.351 e. The molecule has 5 nitrogen and oxygen atoms in total. The third-order valence-electron chi connectivity index (χ3n) is 4.87. The van der Waals surface area contributed by atoms with E-state index in [1.165, 1.54) is 28.6 Å². The Hall–Kier alpha value is -1.83. The van der Waals surface area contributed by atoms with Gasteiger partial charge in [0.15, 0.2) is 5.16 Å². The van der Waals surface area contributed by atoms with Gasteiger partial charge in [0.2, 0.25) is 5.91 Å². The highest BCUT2D eigenvalue weighted by molar-refractivity contribution is 7.99. The van der Waals surface area contributed by atoms with Crippen molar-refractivity contribution in [3.8, 4) is 0 Å². The van der Waals surface area contributed by atoms with Gasteiger partial charge in [-0.2, -0.15) is 0 Å². The summed E-state index contributed by atoms with van der Waals surface area (Å²) >= 11 is 8.88. The van der Waals surface area contributed by atoms with Gasteiger partial charge in [0.25, 0.3) is 5.56 Å². The molecule has 8 heteroatoms. The van der Waals surface area contributed by atoms with E-state index in [0.29, 0.717) is 16.7 Å². The number of hydrogen-bond acceptors (Lipinski definition) is 5. The van der Waals surface area contributed by atoms with E-state index in [0.717, 1.165) is 35.0 Å². The fourth-order valence-corrected chi connectivity index (χ4v) is 5.74. The van der Waals surface area contributed by atoms with Crippen molar-refractivity contribution < 1.29 is 4.79 Å². The molecule has 1 aromatic carbocycles. The zero-order chi connectivity index (χ0) is 19.7. The van der Waals surface area contributed by atoms with Gasteiger partial charge in [-0.3, -0.25) is 14.2 Å². The zero-order valence-corrected chi connectivity index (χ0v) is 17.8. The number of thioether (sulfide) groups is 1. The first kappa shape index (κ1) is 19.5. The molecule has 1 N–H and O–H groups in total. The quantitative estimate of drug-likeness (QED) is 0.489. The lowest BCUT2D eigenvalue weighted by atomic mass is 9.97. The van der Waals surface area contributed by atoms with E-state index in [1.807, 2.05) is 18.2 Å². The second-order valence-electron chi connectivity index (χ2n) is 6.84. The Morgan fingerprint density at radius 1 is 1.36 bits per heavy atom. The second-order valence-corrected chi connectivity index (χ2v) is 9.31. The van der Waals surface area contributed by atoms with Gasteiger partial charge in [0.1, 0.15) is 4.83 Å². The molecule has 0 unspecified atom stereocenters. The van der Waals surface area contributed by atoms with Gasteiger partial charge in [-0.25, -0.2) is 4.98 Å². The fourth-order valence-electron chi connectivity index (χ4n) is 3.43. The molecule has 2 aromatic heterocycles. The first-order valence-electron chi connectivity index (χ1n) is 9.18. The molecule has 28 heavy (non-hydrogen) atoms. The average molecular weight is 434 g/mol.